The van der Waals surface area contributed by atoms with Gasteiger partial charge in [-0.2, -0.15) is 0 Å². The van der Waals surface area contributed by atoms with Crippen molar-refractivity contribution < 1.29 is 9.59 Å². The Morgan fingerprint density at radius 2 is 2.08 bits per heavy atom. The largest absolute Gasteiger partial charge is 0.314 e. The summed E-state index contributed by atoms with van der Waals surface area (Å²) in [5.41, 5.74) is 1.93. The van der Waals surface area contributed by atoms with Gasteiger partial charge in [-0.15, -0.1) is 11.3 Å². The summed E-state index contributed by atoms with van der Waals surface area (Å²) in [7, 11) is 1.80. The number of para-hydroxylation sites is 1. The predicted octanol–water partition coefficient (Wildman–Crippen LogP) is 2.12. The number of hydrogen-bond donors (Lipinski definition) is 1. The number of likely N-dealkylation sites (N-methyl/N-ethyl adjacent to an activating group) is 1. The lowest BCUT2D eigenvalue weighted by molar-refractivity contribution is -0.119. The second-order valence-corrected chi connectivity index (χ2v) is 6.90. The Bertz CT molecular complexity index is 744. The molecular weight excluding hydrogens is 324 g/mol. The number of anilines is 2. The highest BCUT2D eigenvalue weighted by atomic mass is 32.1. The minimum atomic E-state index is -0.113. The van der Waals surface area contributed by atoms with Crippen molar-refractivity contribution >= 4 is 34.0 Å². The molecule has 2 heterocycles. The molecule has 0 spiro atoms. The van der Waals surface area contributed by atoms with Crippen LogP contribution in [0.25, 0.3) is 0 Å². The topological polar surface area (TPSA) is 65.5 Å². The lowest BCUT2D eigenvalue weighted by Gasteiger charge is -2.27. The van der Waals surface area contributed by atoms with Crippen molar-refractivity contribution in [1.29, 1.82) is 0 Å². The van der Waals surface area contributed by atoms with E-state index in [1.165, 1.54) is 18.3 Å². The highest BCUT2D eigenvalue weighted by molar-refractivity contribution is 7.15. The van der Waals surface area contributed by atoms with Crippen LogP contribution in [0.1, 0.15) is 17.5 Å². The molecule has 1 N–H and O–H groups in total. The monoisotopic (exact) mass is 344 g/mol. The quantitative estimate of drug-likeness (QED) is 0.923. The van der Waals surface area contributed by atoms with E-state index in [2.05, 4.69) is 15.2 Å². The van der Waals surface area contributed by atoms with Crippen LogP contribution in [0, 0.1) is 0 Å². The van der Waals surface area contributed by atoms with E-state index in [-0.39, 0.29) is 11.8 Å². The Balaban J connectivity index is 1.62. The molecular formula is C17H20N4O2S. The van der Waals surface area contributed by atoms with E-state index in [0.717, 1.165) is 29.2 Å². The lowest BCUT2D eigenvalue weighted by Crippen LogP contribution is -2.40. The van der Waals surface area contributed by atoms with E-state index in [0.29, 0.717) is 18.2 Å². The molecule has 0 saturated heterocycles. The molecule has 0 aliphatic carbocycles. The third-order valence-corrected chi connectivity index (χ3v) is 4.97. The van der Waals surface area contributed by atoms with Crippen molar-refractivity contribution in [1.82, 2.24) is 9.88 Å². The molecule has 6 nitrogen and oxygen atoms in total. The van der Waals surface area contributed by atoms with Gasteiger partial charge >= 0.3 is 0 Å². The predicted molar refractivity (Wildman–Crippen MR) is 95.3 cm³/mol. The van der Waals surface area contributed by atoms with E-state index in [1.807, 2.05) is 30.3 Å². The molecule has 0 bridgehead atoms. The summed E-state index contributed by atoms with van der Waals surface area (Å²) in [4.78, 5) is 33.0. The zero-order valence-corrected chi connectivity index (χ0v) is 14.6. The van der Waals surface area contributed by atoms with Crippen LogP contribution >= 0.6 is 11.3 Å². The normalized spacial score (nSPS) is 14.1. The molecule has 126 valence electrons. The number of benzene rings is 1. The molecule has 1 aliphatic heterocycles. The summed E-state index contributed by atoms with van der Waals surface area (Å²) in [6.07, 6.45) is 0.799. The first-order chi connectivity index (χ1) is 11.5. The molecule has 1 aromatic carbocycles. The summed E-state index contributed by atoms with van der Waals surface area (Å²) in [5, 5.41) is 3.37. The maximum atomic E-state index is 12.5. The van der Waals surface area contributed by atoms with Crippen molar-refractivity contribution in [3.63, 3.8) is 0 Å². The van der Waals surface area contributed by atoms with Crippen molar-refractivity contribution in [2.45, 2.75) is 19.9 Å². The number of aromatic nitrogens is 1. The standard InChI is InChI=1S/C17H20N4O2S/c1-12(22)18-17-19-14-8-9-21(10-15(14)24-17)11-16(23)20(2)13-6-4-3-5-7-13/h3-7H,8-11H2,1-2H3,(H,18,19,22). The number of nitrogens with zero attached hydrogens (tertiary/aromatic N) is 3. The number of thiazole rings is 1. The Morgan fingerprint density at radius 1 is 1.33 bits per heavy atom. The van der Waals surface area contributed by atoms with Crippen LogP contribution in [0.15, 0.2) is 30.3 Å². The van der Waals surface area contributed by atoms with E-state index in [1.54, 1.807) is 11.9 Å². The summed E-state index contributed by atoms with van der Waals surface area (Å²) in [5.74, 6) is -0.0473. The van der Waals surface area contributed by atoms with Crippen molar-refractivity contribution in [2.24, 2.45) is 0 Å². The number of rotatable bonds is 4. The Labute approximate surface area is 145 Å². The van der Waals surface area contributed by atoms with Gasteiger partial charge in [0.2, 0.25) is 11.8 Å². The number of carbonyl (C=O) groups is 2. The molecule has 0 radical (unpaired) electrons. The van der Waals surface area contributed by atoms with Gasteiger partial charge in [-0.25, -0.2) is 4.98 Å². The van der Waals surface area contributed by atoms with Gasteiger partial charge in [-0.05, 0) is 12.1 Å². The number of hydrogen-bond acceptors (Lipinski definition) is 5. The Morgan fingerprint density at radius 3 is 2.79 bits per heavy atom. The third kappa shape index (κ3) is 3.80. The molecule has 2 amide bonds. The van der Waals surface area contributed by atoms with Gasteiger partial charge < -0.3 is 10.2 Å². The molecule has 0 atom stereocenters. The van der Waals surface area contributed by atoms with Crippen LogP contribution in [0.3, 0.4) is 0 Å². The summed E-state index contributed by atoms with van der Waals surface area (Å²) < 4.78 is 0. The zero-order valence-electron chi connectivity index (χ0n) is 13.8. The van der Waals surface area contributed by atoms with Crippen molar-refractivity contribution in [3.8, 4) is 0 Å². The molecule has 0 saturated carbocycles. The van der Waals surface area contributed by atoms with Gasteiger partial charge in [-0.1, -0.05) is 18.2 Å². The average Bonchev–Trinajstić information content (AvgIpc) is 2.95. The molecule has 0 fully saturated rings. The highest BCUT2D eigenvalue weighted by Crippen LogP contribution is 2.28. The van der Waals surface area contributed by atoms with Gasteiger partial charge in [0.25, 0.3) is 0 Å². The molecule has 2 aromatic rings. The summed E-state index contributed by atoms with van der Waals surface area (Å²) >= 11 is 1.49. The van der Waals surface area contributed by atoms with Crippen molar-refractivity contribution in [2.75, 3.05) is 30.4 Å². The summed E-state index contributed by atoms with van der Waals surface area (Å²) in [6.45, 7) is 3.34. The van der Waals surface area contributed by atoms with Crippen LogP contribution in [-0.2, 0) is 22.6 Å². The van der Waals surface area contributed by atoms with Crippen LogP contribution < -0.4 is 10.2 Å². The number of amides is 2. The van der Waals surface area contributed by atoms with E-state index >= 15 is 0 Å². The van der Waals surface area contributed by atoms with Gasteiger partial charge in [0.05, 0.1) is 12.2 Å². The third-order valence-electron chi connectivity index (χ3n) is 3.97. The molecule has 1 aromatic heterocycles. The number of fused-ring (bicyclic) bond motifs is 1. The van der Waals surface area contributed by atoms with Crippen LogP contribution in [0.5, 0.6) is 0 Å². The second-order valence-electron chi connectivity index (χ2n) is 5.82. The van der Waals surface area contributed by atoms with E-state index in [4.69, 9.17) is 0 Å². The number of nitrogens with one attached hydrogen (secondary N) is 1. The highest BCUT2D eigenvalue weighted by Gasteiger charge is 2.23. The second kappa shape index (κ2) is 7.11. The average molecular weight is 344 g/mol. The van der Waals surface area contributed by atoms with Gasteiger partial charge in [0.1, 0.15) is 0 Å². The smallest absolute Gasteiger partial charge is 0.240 e. The van der Waals surface area contributed by atoms with Crippen LogP contribution in [0.4, 0.5) is 10.8 Å². The Hall–Kier alpha value is -2.25. The van der Waals surface area contributed by atoms with Crippen LogP contribution in [0.2, 0.25) is 0 Å². The molecule has 24 heavy (non-hydrogen) atoms. The van der Waals surface area contributed by atoms with Crippen molar-refractivity contribution in [3.05, 3.63) is 40.9 Å². The maximum Gasteiger partial charge on any atom is 0.240 e. The summed E-state index contributed by atoms with van der Waals surface area (Å²) in [6, 6.07) is 9.63. The van der Waals surface area contributed by atoms with Gasteiger partial charge in [-0.3, -0.25) is 14.5 Å². The maximum absolute atomic E-state index is 12.5. The fraction of sp³-hybridized carbons (Fsp3) is 0.353. The molecule has 3 rings (SSSR count). The lowest BCUT2D eigenvalue weighted by atomic mass is 10.2. The van der Waals surface area contributed by atoms with Gasteiger partial charge in [0.15, 0.2) is 5.13 Å². The minimum Gasteiger partial charge on any atom is -0.314 e. The minimum absolute atomic E-state index is 0.0660. The zero-order chi connectivity index (χ0) is 17.1. The fourth-order valence-corrected chi connectivity index (χ4v) is 3.78. The Kier molecular flexibility index (Phi) is 4.92. The SMILES string of the molecule is CC(=O)Nc1nc2c(s1)CN(CC(=O)N(C)c1ccccc1)CC2. The first kappa shape index (κ1) is 16.6. The van der Waals surface area contributed by atoms with E-state index < -0.39 is 0 Å². The number of carbonyl (C=O) groups excluding carboxylic acids is 2. The molecule has 1 aliphatic rings. The van der Waals surface area contributed by atoms with Crippen LogP contribution in [-0.4, -0.2) is 41.8 Å². The molecule has 7 heteroatoms. The first-order valence-electron chi connectivity index (χ1n) is 7.83. The molecule has 0 unspecified atom stereocenters. The van der Waals surface area contributed by atoms with E-state index in [9.17, 15) is 9.59 Å². The fourth-order valence-electron chi connectivity index (χ4n) is 2.68. The first-order valence-corrected chi connectivity index (χ1v) is 8.64. The van der Waals surface area contributed by atoms with Gasteiger partial charge in [0, 0.05) is 44.0 Å².